The average molecular weight is 376 g/mol. The van der Waals surface area contributed by atoms with Crippen LogP contribution in [0.4, 0.5) is 15.8 Å². The van der Waals surface area contributed by atoms with Gasteiger partial charge in [-0.2, -0.15) is 0 Å². The number of rotatable bonds is 5. The molecule has 1 N–H and O–H groups in total. The lowest BCUT2D eigenvalue weighted by molar-refractivity contribution is -0.118. The van der Waals surface area contributed by atoms with Crippen LogP contribution in [0.1, 0.15) is 30.9 Å². The first-order valence-corrected chi connectivity index (χ1v) is 10.2. The van der Waals surface area contributed by atoms with E-state index in [2.05, 4.69) is 4.72 Å². The van der Waals surface area contributed by atoms with Crippen molar-refractivity contribution in [3.05, 3.63) is 59.4 Å². The molecule has 0 spiro atoms. The smallest absolute Gasteiger partial charge is 0.237 e. The molecule has 2 aromatic carbocycles. The normalized spacial score (nSPS) is 14.0. The summed E-state index contributed by atoms with van der Waals surface area (Å²) in [6.07, 6.45) is 2.13. The molecular weight excluding hydrogens is 355 g/mol. The standard InChI is InChI=1S/C19H21FN2O3S/c1-2-19(23)22-11-5-7-14-9-10-16(12-18(14)22)21-26(24,25)13-15-6-3-4-8-17(15)20/h3-4,6,8-10,12,21H,2,5,7,11,13H2,1H3. The summed E-state index contributed by atoms with van der Waals surface area (Å²) in [5, 5.41) is 0. The summed E-state index contributed by atoms with van der Waals surface area (Å²) in [4.78, 5) is 13.9. The van der Waals surface area contributed by atoms with Gasteiger partial charge in [-0.25, -0.2) is 12.8 Å². The lowest BCUT2D eigenvalue weighted by Gasteiger charge is -2.29. The fourth-order valence-corrected chi connectivity index (χ4v) is 4.33. The number of halogens is 1. The highest BCUT2D eigenvalue weighted by molar-refractivity contribution is 7.91. The zero-order valence-corrected chi connectivity index (χ0v) is 15.4. The molecule has 0 aliphatic carbocycles. The molecule has 5 nitrogen and oxygen atoms in total. The average Bonchev–Trinajstić information content (AvgIpc) is 2.62. The zero-order chi connectivity index (χ0) is 18.7. The first-order valence-electron chi connectivity index (χ1n) is 8.57. The number of sulfonamides is 1. The Kier molecular flexibility index (Phi) is 5.27. The highest BCUT2D eigenvalue weighted by Gasteiger charge is 2.22. The Balaban J connectivity index is 1.84. The Hall–Kier alpha value is -2.41. The topological polar surface area (TPSA) is 66.5 Å². The van der Waals surface area contributed by atoms with Crippen LogP contribution in [0.3, 0.4) is 0 Å². The molecule has 1 aliphatic rings. The maximum absolute atomic E-state index is 13.7. The van der Waals surface area contributed by atoms with Crippen molar-refractivity contribution in [3.63, 3.8) is 0 Å². The van der Waals surface area contributed by atoms with E-state index in [0.29, 0.717) is 18.7 Å². The van der Waals surface area contributed by atoms with Crippen molar-refractivity contribution in [1.29, 1.82) is 0 Å². The number of aryl methyl sites for hydroxylation is 1. The van der Waals surface area contributed by atoms with Gasteiger partial charge in [0, 0.05) is 24.2 Å². The molecule has 2 aromatic rings. The number of amides is 1. The summed E-state index contributed by atoms with van der Waals surface area (Å²) in [6, 6.07) is 11.0. The van der Waals surface area contributed by atoms with Crippen LogP contribution in [-0.4, -0.2) is 20.9 Å². The predicted molar refractivity (Wildman–Crippen MR) is 100 cm³/mol. The number of hydrogen-bond acceptors (Lipinski definition) is 3. The van der Waals surface area contributed by atoms with Gasteiger partial charge in [0.25, 0.3) is 0 Å². The molecule has 0 fully saturated rings. The van der Waals surface area contributed by atoms with Crippen molar-refractivity contribution in [2.24, 2.45) is 0 Å². The summed E-state index contributed by atoms with van der Waals surface area (Å²) in [5.74, 6) is -0.991. The van der Waals surface area contributed by atoms with E-state index >= 15 is 0 Å². The first-order chi connectivity index (χ1) is 12.4. The fraction of sp³-hybridized carbons (Fsp3) is 0.316. The SMILES string of the molecule is CCC(=O)N1CCCc2ccc(NS(=O)(=O)Cc3ccccc3F)cc21. The fourth-order valence-electron chi connectivity index (χ4n) is 3.12. The van der Waals surface area contributed by atoms with Gasteiger partial charge in [0.1, 0.15) is 5.82 Å². The van der Waals surface area contributed by atoms with Gasteiger partial charge in [0.15, 0.2) is 0 Å². The minimum absolute atomic E-state index is 0.0114. The number of fused-ring (bicyclic) bond motifs is 1. The van der Waals surface area contributed by atoms with Crippen LogP contribution in [0.15, 0.2) is 42.5 Å². The van der Waals surface area contributed by atoms with Crippen LogP contribution in [0, 0.1) is 5.82 Å². The number of carbonyl (C=O) groups is 1. The molecule has 7 heteroatoms. The molecular formula is C19H21FN2O3S. The molecule has 0 atom stereocenters. The van der Waals surface area contributed by atoms with E-state index in [1.54, 1.807) is 30.0 Å². The monoisotopic (exact) mass is 376 g/mol. The van der Waals surface area contributed by atoms with E-state index in [1.165, 1.54) is 18.2 Å². The lowest BCUT2D eigenvalue weighted by Crippen LogP contribution is -2.35. The highest BCUT2D eigenvalue weighted by atomic mass is 32.2. The Morgan fingerprint density at radius 1 is 1.23 bits per heavy atom. The highest BCUT2D eigenvalue weighted by Crippen LogP contribution is 2.31. The van der Waals surface area contributed by atoms with Gasteiger partial charge in [0.05, 0.1) is 11.4 Å². The molecule has 26 heavy (non-hydrogen) atoms. The summed E-state index contributed by atoms with van der Waals surface area (Å²) in [6.45, 7) is 2.43. The maximum atomic E-state index is 13.7. The molecule has 0 aromatic heterocycles. The second-order valence-corrected chi connectivity index (χ2v) is 8.02. The van der Waals surface area contributed by atoms with Crippen LogP contribution >= 0.6 is 0 Å². The van der Waals surface area contributed by atoms with Crippen molar-refractivity contribution < 1.29 is 17.6 Å². The van der Waals surface area contributed by atoms with Gasteiger partial charge in [-0.3, -0.25) is 9.52 Å². The molecule has 1 aliphatic heterocycles. The van der Waals surface area contributed by atoms with E-state index in [0.717, 1.165) is 24.1 Å². The van der Waals surface area contributed by atoms with E-state index in [4.69, 9.17) is 0 Å². The van der Waals surface area contributed by atoms with Crippen LogP contribution in [0.5, 0.6) is 0 Å². The van der Waals surface area contributed by atoms with Gasteiger partial charge in [-0.1, -0.05) is 31.2 Å². The Morgan fingerprint density at radius 3 is 2.73 bits per heavy atom. The van der Waals surface area contributed by atoms with E-state index in [9.17, 15) is 17.6 Å². The van der Waals surface area contributed by atoms with Crippen LogP contribution in [-0.2, 0) is 27.0 Å². The Bertz CT molecular complexity index is 928. The van der Waals surface area contributed by atoms with Crippen molar-refractivity contribution >= 4 is 27.3 Å². The molecule has 1 amide bonds. The molecule has 0 saturated heterocycles. The van der Waals surface area contributed by atoms with Gasteiger partial charge in [0.2, 0.25) is 15.9 Å². The third-order valence-electron chi connectivity index (χ3n) is 4.38. The Morgan fingerprint density at radius 2 is 2.00 bits per heavy atom. The van der Waals surface area contributed by atoms with Crippen molar-refractivity contribution in [3.8, 4) is 0 Å². The molecule has 0 radical (unpaired) electrons. The van der Waals surface area contributed by atoms with E-state index < -0.39 is 21.6 Å². The summed E-state index contributed by atoms with van der Waals surface area (Å²) in [5.41, 5.74) is 2.25. The molecule has 0 bridgehead atoms. The molecule has 1 heterocycles. The van der Waals surface area contributed by atoms with Crippen molar-refractivity contribution in [2.45, 2.75) is 31.9 Å². The van der Waals surface area contributed by atoms with Crippen LogP contribution in [0.25, 0.3) is 0 Å². The van der Waals surface area contributed by atoms with Crippen LogP contribution in [0.2, 0.25) is 0 Å². The molecule has 3 rings (SSSR count). The lowest BCUT2D eigenvalue weighted by atomic mass is 10.0. The summed E-state index contributed by atoms with van der Waals surface area (Å²) >= 11 is 0. The van der Waals surface area contributed by atoms with Gasteiger partial charge in [-0.15, -0.1) is 0 Å². The number of nitrogens with one attached hydrogen (secondary N) is 1. The largest absolute Gasteiger partial charge is 0.312 e. The third kappa shape index (κ3) is 4.04. The van der Waals surface area contributed by atoms with E-state index in [-0.39, 0.29) is 11.5 Å². The van der Waals surface area contributed by atoms with Gasteiger partial charge < -0.3 is 4.90 Å². The third-order valence-corrected chi connectivity index (χ3v) is 5.62. The zero-order valence-electron chi connectivity index (χ0n) is 14.5. The molecule has 0 saturated carbocycles. The number of benzene rings is 2. The quantitative estimate of drug-likeness (QED) is 0.869. The van der Waals surface area contributed by atoms with Gasteiger partial charge in [-0.05, 0) is 36.6 Å². The van der Waals surface area contributed by atoms with Crippen LogP contribution < -0.4 is 9.62 Å². The first kappa shape index (κ1) is 18.4. The number of anilines is 2. The number of nitrogens with zero attached hydrogens (tertiary/aromatic N) is 1. The van der Waals surface area contributed by atoms with E-state index in [1.807, 2.05) is 6.07 Å². The summed E-state index contributed by atoms with van der Waals surface area (Å²) in [7, 11) is -3.77. The summed E-state index contributed by atoms with van der Waals surface area (Å²) < 4.78 is 41.0. The Labute approximate surface area is 152 Å². The van der Waals surface area contributed by atoms with Crippen molar-refractivity contribution in [2.75, 3.05) is 16.2 Å². The maximum Gasteiger partial charge on any atom is 0.237 e. The second-order valence-electron chi connectivity index (χ2n) is 6.30. The van der Waals surface area contributed by atoms with Crippen molar-refractivity contribution in [1.82, 2.24) is 0 Å². The predicted octanol–water partition coefficient (Wildman–Crippen LogP) is 3.46. The minimum atomic E-state index is -3.77. The van der Waals surface area contributed by atoms with Gasteiger partial charge >= 0.3 is 0 Å². The second kappa shape index (κ2) is 7.45. The number of hydrogen-bond donors (Lipinski definition) is 1. The number of carbonyl (C=O) groups excluding carboxylic acids is 1. The molecule has 0 unspecified atom stereocenters. The molecule has 138 valence electrons. The minimum Gasteiger partial charge on any atom is -0.312 e.